The Hall–Kier alpha value is -4.20. The normalized spacial score (nSPS) is 13.8. The van der Waals surface area contributed by atoms with E-state index >= 15 is 0 Å². The fourth-order valence-corrected chi connectivity index (χ4v) is 3.58. The smallest absolute Gasteiger partial charge is 0.326 e. The van der Waals surface area contributed by atoms with Gasteiger partial charge in [0, 0.05) is 19.4 Å². The third-order valence-corrected chi connectivity index (χ3v) is 5.76. The van der Waals surface area contributed by atoms with Crippen LogP contribution >= 0.6 is 0 Å². The van der Waals surface area contributed by atoms with Gasteiger partial charge in [0.25, 0.3) is 0 Å². The third kappa shape index (κ3) is 12.7. The summed E-state index contributed by atoms with van der Waals surface area (Å²) in [4.78, 5) is 65.5. The number of guanidine groups is 1. The van der Waals surface area contributed by atoms with Crippen molar-refractivity contribution in [3.8, 4) is 0 Å². The lowest BCUT2D eigenvalue weighted by Gasteiger charge is -2.27. The van der Waals surface area contributed by atoms with E-state index in [1.165, 1.54) is 0 Å². The Balaban J connectivity index is 3.01. The lowest BCUT2D eigenvalue weighted by Crippen LogP contribution is -2.59. The van der Waals surface area contributed by atoms with Gasteiger partial charge in [-0.3, -0.25) is 24.2 Å². The minimum Gasteiger partial charge on any atom is -0.480 e. The lowest BCUT2D eigenvalue weighted by atomic mass is 10.00. The van der Waals surface area contributed by atoms with Gasteiger partial charge in [-0.2, -0.15) is 0 Å². The van der Waals surface area contributed by atoms with Crippen LogP contribution in [0.5, 0.6) is 0 Å². The van der Waals surface area contributed by atoms with Gasteiger partial charge >= 0.3 is 5.97 Å². The average molecular weight is 549 g/mol. The molecule has 14 nitrogen and oxygen atoms in total. The number of hydrogen-bond acceptors (Lipinski definition) is 7. The predicted molar refractivity (Wildman–Crippen MR) is 145 cm³/mol. The van der Waals surface area contributed by atoms with E-state index in [0.717, 1.165) is 5.56 Å². The Kier molecular flexibility index (Phi) is 14.0. The van der Waals surface area contributed by atoms with Gasteiger partial charge in [-0.25, -0.2) is 4.79 Å². The molecule has 0 aliphatic heterocycles. The molecule has 0 aliphatic rings. The van der Waals surface area contributed by atoms with Crippen LogP contribution in [-0.4, -0.2) is 71.4 Å². The highest BCUT2D eigenvalue weighted by molar-refractivity contribution is 5.94. The molecule has 0 spiro atoms. The molecule has 39 heavy (non-hydrogen) atoms. The molecule has 14 heteroatoms. The molecule has 1 aromatic rings. The fourth-order valence-electron chi connectivity index (χ4n) is 3.58. The van der Waals surface area contributed by atoms with E-state index < -0.39 is 59.7 Å². The van der Waals surface area contributed by atoms with Gasteiger partial charge in [0.05, 0.1) is 6.04 Å². The maximum absolute atomic E-state index is 13.3. The van der Waals surface area contributed by atoms with Crippen LogP contribution in [0.1, 0.15) is 45.1 Å². The molecule has 4 atom stereocenters. The highest BCUT2D eigenvalue weighted by Crippen LogP contribution is 2.09. The number of amides is 4. The first-order valence-corrected chi connectivity index (χ1v) is 12.6. The Morgan fingerprint density at radius 3 is 2.03 bits per heavy atom. The molecule has 0 heterocycles. The number of aliphatic imine (C=N–C) groups is 1. The standard InChI is InChI=1S/C25H40N8O6/c1-14(2)20(23(37)31-17(24(38)39)9-6-12-30-25(28)29)33-22(36)18(13-15-7-4-3-5-8-15)32-21(35)16(26)10-11-19(27)34/h3-5,7-8,14,16-18,20H,6,9-13,26H2,1-2H3,(H2,27,34)(H,31,37)(H,32,35)(H,33,36)(H,38,39)(H4,28,29,30). The van der Waals surface area contributed by atoms with Crippen molar-refractivity contribution in [2.45, 2.75) is 70.1 Å². The lowest BCUT2D eigenvalue weighted by molar-refractivity contribution is -0.142. The van der Waals surface area contributed by atoms with Crippen molar-refractivity contribution >= 4 is 35.6 Å². The van der Waals surface area contributed by atoms with Crippen LogP contribution in [0.25, 0.3) is 0 Å². The van der Waals surface area contributed by atoms with Crippen molar-refractivity contribution in [2.24, 2.45) is 33.8 Å². The molecule has 1 rings (SSSR count). The molecular formula is C25H40N8O6. The van der Waals surface area contributed by atoms with Gasteiger partial charge in [0.2, 0.25) is 23.6 Å². The second-order valence-electron chi connectivity index (χ2n) is 9.44. The minimum atomic E-state index is -1.25. The molecule has 4 unspecified atom stereocenters. The fraction of sp³-hybridized carbons (Fsp3) is 0.520. The molecule has 0 aliphatic carbocycles. The van der Waals surface area contributed by atoms with Crippen molar-refractivity contribution in [1.82, 2.24) is 16.0 Å². The number of carboxylic acids is 1. The zero-order valence-electron chi connectivity index (χ0n) is 22.3. The molecule has 216 valence electrons. The molecule has 0 bridgehead atoms. The summed E-state index contributed by atoms with van der Waals surface area (Å²) in [7, 11) is 0. The number of nitrogens with two attached hydrogens (primary N) is 4. The highest BCUT2D eigenvalue weighted by atomic mass is 16.4. The SMILES string of the molecule is CC(C)C(NC(=O)C(Cc1ccccc1)NC(=O)C(N)CCC(N)=O)C(=O)NC(CCCN=C(N)N)C(=O)O. The average Bonchev–Trinajstić information content (AvgIpc) is 2.86. The number of aliphatic carboxylic acids is 1. The Morgan fingerprint density at radius 1 is 0.872 bits per heavy atom. The predicted octanol–water partition coefficient (Wildman–Crippen LogP) is -1.93. The first kappa shape index (κ1) is 32.8. The van der Waals surface area contributed by atoms with Gasteiger partial charge in [0.1, 0.15) is 18.1 Å². The van der Waals surface area contributed by atoms with Crippen LogP contribution < -0.4 is 38.9 Å². The van der Waals surface area contributed by atoms with E-state index in [0.29, 0.717) is 6.42 Å². The topological polar surface area (TPSA) is 258 Å². The van der Waals surface area contributed by atoms with Crippen molar-refractivity contribution < 1.29 is 29.1 Å². The van der Waals surface area contributed by atoms with Crippen LogP contribution in [-0.2, 0) is 30.4 Å². The molecule has 12 N–H and O–H groups in total. The summed E-state index contributed by atoms with van der Waals surface area (Å²) in [5, 5.41) is 17.2. The largest absolute Gasteiger partial charge is 0.480 e. The number of carbonyl (C=O) groups excluding carboxylic acids is 4. The first-order valence-electron chi connectivity index (χ1n) is 12.6. The third-order valence-electron chi connectivity index (χ3n) is 5.76. The molecule has 0 saturated heterocycles. The van der Waals surface area contributed by atoms with Crippen molar-refractivity contribution in [1.29, 1.82) is 0 Å². The summed E-state index contributed by atoms with van der Waals surface area (Å²) in [6.07, 6.45) is 0.353. The second kappa shape index (κ2) is 16.6. The van der Waals surface area contributed by atoms with Crippen molar-refractivity contribution in [2.75, 3.05) is 6.54 Å². The summed E-state index contributed by atoms with van der Waals surface area (Å²) in [6, 6.07) is 4.36. The molecular weight excluding hydrogens is 508 g/mol. The van der Waals surface area contributed by atoms with Crippen molar-refractivity contribution in [3.63, 3.8) is 0 Å². The van der Waals surface area contributed by atoms with Gasteiger partial charge in [-0.1, -0.05) is 44.2 Å². The molecule has 0 fully saturated rings. The Morgan fingerprint density at radius 2 is 1.49 bits per heavy atom. The number of nitrogens with one attached hydrogen (secondary N) is 3. The van der Waals surface area contributed by atoms with E-state index in [2.05, 4.69) is 20.9 Å². The molecule has 1 aromatic carbocycles. The molecule has 0 aromatic heterocycles. The zero-order valence-corrected chi connectivity index (χ0v) is 22.3. The van der Waals surface area contributed by atoms with Gasteiger partial charge < -0.3 is 44.0 Å². The number of nitrogens with zero attached hydrogens (tertiary/aromatic N) is 1. The molecule has 0 saturated carbocycles. The number of benzene rings is 1. The summed E-state index contributed by atoms with van der Waals surface area (Å²) in [6.45, 7) is 3.56. The molecule has 0 radical (unpaired) electrons. The second-order valence-corrected chi connectivity index (χ2v) is 9.44. The maximum atomic E-state index is 13.3. The summed E-state index contributed by atoms with van der Waals surface area (Å²) in [5.41, 5.74) is 22.3. The number of primary amides is 1. The van der Waals surface area contributed by atoms with E-state index in [4.69, 9.17) is 22.9 Å². The van der Waals surface area contributed by atoms with E-state index in [-0.39, 0.29) is 38.2 Å². The summed E-state index contributed by atoms with van der Waals surface area (Å²) in [5.74, 6) is -4.43. The van der Waals surface area contributed by atoms with Crippen LogP contribution in [0.3, 0.4) is 0 Å². The Bertz CT molecular complexity index is 1010. The summed E-state index contributed by atoms with van der Waals surface area (Å²) >= 11 is 0. The van der Waals surface area contributed by atoms with E-state index in [1.807, 2.05) is 0 Å². The minimum absolute atomic E-state index is 0.00235. The van der Waals surface area contributed by atoms with Gasteiger partial charge in [0.15, 0.2) is 5.96 Å². The number of hydrogen-bond donors (Lipinski definition) is 8. The van der Waals surface area contributed by atoms with E-state index in [1.54, 1.807) is 44.2 Å². The van der Waals surface area contributed by atoms with Gasteiger partial charge in [-0.15, -0.1) is 0 Å². The number of rotatable bonds is 17. The maximum Gasteiger partial charge on any atom is 0.326 e. The van der Waals surface area contributed by atoms with Crippen LogP contribution in [0.15, 0.2) is 35.3 Å². The number of carbonyl (C=O) groups is 5. The zero-order chi connectivity index (χ0) is 29.5. The monoisotopic (exact) mass is 548 g/mol. The quantitative estimate of drug-likeness (QED) is 0.0611. The van der Waals surface area contributed by atoms with Crippen LogP contribution in [0, 0.1) is 5.92 Å². The Labute approximate surface area is 227 Å². The first-order chi connectivity index (χ1) is 18.3. The van der Waals surface area contributed by atoms with Crippen LogP contribution in [0.4, 0.5) is 0 Å². The molecule has 4 amide bonds. The van der Waals surface area contributed by atoms with Gasteiger partial charge in [-0.05, 0) is 30.7 Å². The van der Waals surface area contributed by atoms with Crippen LogP contribution in [0.2, 0.25) is 0 Å². The van der Waals surface area contributed by atoms with Crippen molar-refractivity contribution in [3.05, 3.63) is 35.9 Å². The summed E-state index contributed by atoms with van der Waals surface area (Å²) < 4.78 is 0. The number of carboxylic acid groups (broad SMARTS) is 1. The highest BCUT2D eigenvalue weighted by Gasteiger charge is 2.32. The van der Waals surface area contributed by atoms with E-state index in [9.17, 15) is 29.1 Å².